The van der Waals surface area contributed by atoms with Gasteiger partial charge in [-0.25, -0.2) is 0 Å². The van der Waals surface area contributed by atoms with Crippen LogP contribution in [0.15, 0.2) is 109 Å². The maximum Gasteiger partial charge on any atom is 0.0108 e. The molecule has 0 amide bonds. The van der Waals surface area contributed by atoms with Crippen LogP contribution in [-0.2, 0) is 0 Å². The van der Waals surface area contributed by atoms with Gasteiger partial charge in [0.15, 0.2) is 0 Å². The molecule has 0 heterocycles. The van der Waals surface area contributed by atoms with Crippen LogP contribution in [0, 0.1) is 0 Å². The Morgan fingerprint density at radius 3 is 1.56 bits per heavy atom. The SMILES string of the molecule is CCl.c1ccc2c(-c3ccc4ccc5cccc6ccc3c4c56)c3ccccc3cc2c1. The summed E-state index contributed by atoms with van der Waals surface area (Å²) >= 11 is 4.64. The fourth-order valence-corrected chi connectivity index (χ4v) is 5.26. The highest BCUT2D eigenvalue weighted by atomic mass is 35.5. The Labute approximate surface area is 192 Å². The lowest BCUT2D eigenvalue weighted by Gasteiger charge is -2.17. The van der Waals surface area contributed by atoms with Crippen molar-refractivity contribution in [2.45, 2.75) is 0 Å². The molecule has 0 aromatic heterocycles. The molecule has 0 saturated carbocycles. The Balaban J connectivity index is 0.000000953. The van der Waals surface area contributed by atoms with Crippen molar-refractivity contribution in [2.24, 2.45) is 0 Å². The van der Waals surface area contributed by atoms with E-state index in [2.05, 4.69) is 121 Å². The predicted molar refractivity (Wildman–Crippen MR) is 142 cm³/mol. The van der Waals surface area contributed by atoms with Gasteiger partial charge in [-0.05, 0) is 71.1 Å². The van der Waals surface area contributed by atoms with E-state index in [1.54, 1.807) is 0 Å². The summed E-state index contributed by atoms with van der Waals surface area (Å²) in [4.78, 5) is 0. The van der Waals surface area contributed by atoms with Gasteiger partial charge < -0.3 is 0 Å². The second-order valence-electron chi connectivity index (χ2n) is 8.16. The molecular formula is C31H21Cl. The van der Waals surface area contributed by atoms with E-state index in [4.69, 9.17) is 0 Å². The van der Waals surface area contributed by atoms with Crippen LogP contribution in [0.5, 0.6) is 0 Å². The molecule has 7 rings (SSSR count). The third kappa shape index (κ3) is 2.70. The van der Waals surface area contributed by atoms with E-state index in [-0.39, 0.29) is 0 Å². The molecule has 0 nitrogen and oxygen atoms in total. The second kappa shape index (κ2) is 7.51. The first kappa shape index (κ1) is 19.1. The zero-order chi connectivity index (χ0) is 21.7. The van der Waals surface area contributed by atoms with Crippen molar-refractivity contribution >= 4 is 65.5 Å². The highest BCUT2D eigenvalue weighted by Crippen LogP contribution is 2.43. The normalized spacial score (nSPS) is 11.4. The van der Waals surface area contributed by atoms with Gasteiger partial charge in [0.05, 0.1) is 0 Å². The molecule has 7 aromatic rings. The van der Waals surface area contributed by atoms with Crippen molar-refractivity contribution in [1.29, 1.82) is 0 Å². The van der Waals surface area contributed by atoms with Crippen molar-refractivity contribution in [2.75, 3.05) is 6.38 Å². The Hall–Kier alpha value is -3.61. The van der Waals surface area contributed by atoms with Crippen molar-refractivity contribution in [3.63, 3.8) is 0 Å². The molecule has 0 aliphatic heterocycles. The van der Waals surface area contributed by atoms with Gasteiger partial charge in [-0.3, -0.25) is 0 Å². The molecule has 32 heavy (non-hydrogen) atoms. The Kier molecular flexibility index (Phi) is 4.48. The van der Waals surface area contributed by atoms with Crippen LogP contribution in [-0.4, -0.2) is 6.38 Å². The molecule has 0 atom stereocenters. The van der Waals surface area contributed by atoms with E-state index in [0.717, 1.165) is 0 Å². The fraction of sp³-hybridized carbons (Fsp3) is 0.0323. The maximum absolute atomic E-state index is 4.64. The first-order valence-electron chi connectivity index (χ1n) is 10.8. The van der Waals surface area contributed by atoms with E-state index in [1.165, 1.54) is 71.4 Å². The second-order valence-corrected chi connectivity index (χ2v) is 8.16. The van der Waals surface area contributed by atoms with E-state index < -0.39 is 0 Å². The zero-order valence-electron chi connectivity index (χ0n) is 17.8. The topological polar surface area (TPSA) is 0 Å². The molecule has 0 radical (unpaired) electrons. The quantitative estimate of drug-likeness (QED) is 0.139. The highest BCUT2D eigenvalue weighted by Gasteiger charge is 2.15. The number of halogens is 1. The molecule has 1 heteroatoms. The minimum absolute atomic E-state index is 1.29. The Morgan fingerprint density at radius 1 is 0.406 bits per heavy atom. The molecule has 0 N–H and O–H groups in total. The Bertz CT molecular complexity index is 1670. The molecule has 0 aliphatic carbocycles. The van der Waals surface area contributed by atoms with E-state index in [0.29, 0.717) is 0 Å². The summed E-state index contributed by atoms with van der Waals surface area (Å²) in [6.45, 7) is 0. The molecule has 0 fully saturated rings. The molecule has 0 unspecified atom stereocenters. The van der Waals surface area contributed by atoms with Crippen molar-refractivity contribution in [3.8, 4) is 11.1 Å². The number of hydrogen-bond donors (Lipinski definition) is 0. The zero-order valence-corrected chi connectivity index (χ0v) is 18.5. The lowest BCUT2D eigenvalue weighted by molar-refractivity contribution is 1.72. The highest BCUT2D eigenvalue weighted by molar-refractivity contribution is 6.27. The summed E-state index contributed by atoms with van der Waals surface area (Å²) < 4.78 is 0. The summed E-state index contributed by atoms with van der Waals surface area (Å²) in [6, 6.07) is 40.1. The minimum atomic E-state index is 1.29. The largest absolute Gasteiger partial charge is 0.130 e. The van der Waals surface area contributed by atoms with E-state index >= 15 is 0 Å². The molecule has 0 bridgehead atoms. The van der Waals surface area contributed by atoms with Gasteiger partial charge in [0.2, 0.25) is 0 Å². The summed E-state index contributed by atoms with van der Waals surface area (Å²) in [5.41, 5.74) is 2.65. The summed E-state index contributed by atoms with van der Waals surface area (Å²) in [6.07, 6.45) is 1.47. The number of benzene rings is 7. The van der Waals surface area contributed by atoms with Gasteiger partial charge >= 0.3 is 0 Å². The lowest BCUT2D eigenvalue weighted by atomic mass is 9.86. The summed E-state index contributed by atoms with van der Waals surface area (Å²) in [7, 11) is 0. The summed E-state index contributed by atoms with van der Waals surface area (Å²) in [5, 5.41) is 13.2. The van der Waals surface area contributed by atoms with Crippen molar-refractivity contribution in [1.82, 2.24) is 0 Å². The fourth-order valence-electron chi connectivity index (χ4n) is 5.26. The molecule has 7 aromatic carbocycles. The average Bonchev–Trinajstić information content (AvgIpc) is 2.87. The number of hydrogen-bond acceptors (Lipinski definition) is 0. The monoisotopic (exact) mass is 428 g/mol. The number of fused-ring (bicyclic) bond motifs is 2. The first-order chi connectivity index (χ1) is 15.9. The minimum Gasteiger partial charge on any atom is -0.130 e. The van der Waals surface area contributed by atoms with Crippen LogP contribution < -0.4 is 0 Å². The van der Waals surface area contributed by atoms with Gasteiger partial charge in [0, 0.05) is 6.38 Å². The first-order valence-corrected chi connectivity index (χ1v) is 11.6. The van der Waals surface area contributed by atoms with Gasteiger partial charge in [0.25, 0.3) is 0 Å². The van der Waals surface area contributed by atoms with Crippen LogP contribution in [0.25, 0.3) is 65.0 Å². The molecule has 0 spiro atoms. The van der Waals surface area contributed by atoms with Crippen LogP contribution >= 0.6 is 11.6 Å². The van der Waals surface area contributed by atoms with Crippen LogP contribution in [0.2, 0.25) is 0 Å². The standard InChI is InChI=1S/C30H18.CH3Cl/c1-3-10-24-22(6-1)18-23-7-2-4-11-25(23)30(24)27-17-15-21-13-12-19-8-5-9-20-14-16-26(27)29(21)28(19)20;1-2/h1-18H;1H3. The predicted octanol–water partition coefficient (Wildman–Crippen LogP) is 9.41. The average molecular weight is 429 g/mol. The van der Waals surface area contributed by atoms with Crippen LogP contribution in [0.3, 0.4) is 0 Å². The molecule has 152 valence electrons. The van der Waals surface area contributed by atoms with Gasteiger partial charge in [-0.2, -0.15) is 0 Å². The smallest absolute Gasteiger partial charge is 0.0108 e. The molecular weight excluding hydrogens is 408 g/mol. The van der Waals surface area contributed by atoms with Gasteiger partial charge in [0.1, 0.15) is 0 Å². The summed E-state index contributed by atoms with van der Waals surface area (Å²) in [5.74, 6) is 0. The third-order valence-electron chi connectivity index (χ3n) is 6.57. The van der Waals surface area contributed by atoms with Gasteiger partial charge in [-0.1, -0.05) is 103 Å². The Morgan fingerprint density at radius 2 is 0.906 bits per heavy atom. The van der Waals surface area contributed by atoms with Crippen molar-refractivity contribution in [3.05, 3.63) is 109 Å². The molecule has 0 saturated heterocycles. The molecule has 0 aliphatic rings. The third-order valence-corrected chi connectivity index (χ3v) is 6.57. The van der Waals surface area contributed by atoms with Crippen molar-refractivity contribution < 1.29 is 0 Å². The lowest BCUT2D eigenvalue weighted by Crippen LogP contribution is -1.89. The van der Waals surface area contributed by atoms with Gasteiger partial charge in [-0.15, -0.1) is 11.6 Å². The maximum atomic E-state index is 4.64. The number of alkyl halides is 1. The van der Waals surface area contributed by atoms with Crippen LogP contribution in [0.4, 0.5) is 0 Å². The van der Waals surface area contributed by atoms with E-state index in [1.807, 2.05) is 0 Å². The van der Waals surface area contributed by atoms with Crippen LogP contribution in [0.1, 0.15) is 0 Å². The number of rotatable bonds is 1. The van der Waals surface area contributed by atoms with E-state index in [9.17, 15) is 0 Å².